The van der Waals surface area contributed by atoms with Gasteiger partial charge in [0.25, 0.3) is 0 Å². The third-order valence-electron chi connectivity index (χ3n) is 3.06. The molecular formula is C15H12BrClFNO2. The van der Waals surface area contributed by atoms with Crippen molar-refractivity contribution in [2.75, 3.05) is 5.32 Å². The molecule has 1 unspecified atom stereocenters. The van der Waals surface area contributed by atoms with Crippen LogP contribution in [0.5, 0.6) is 0 Å². The Morgan fingerprint density at radius 1 is 1.33 bits per heavy atom. The van der Waals surface area contributed by atoms with Crippen molar-refractivity contribution in [3.8, 4) is 0 Å². The van der Waals surface area contributed by atoms with Crippen LogP contribution in [-0.4, -0.2) is 11.1 Å². The molecule has 0 heterocycles. The van der Waals surface area contributed by atoms with Gasteiger partial charge in [-0.3, -0.25) is 0 Å². The number of rotatable bonds is 4. The number of halogens is 3. The molecule has 110 valence electrons. The van der Waals surface area contributed by atoms with Crippen molar-refractivity contribution in [2.45, 2.75) is 13.0 Å². The van der Waals surface area contributed by atoms with Gasteiger partial charge in [-0.2, -0.15) is 0 Å². The summed E-state index contributed by atoms with van der Waals surface area (Å²) in [5.41, 5.74) is 0.916. The Bertz CT molecular complexity index is 693. The van der Waals surface area contributed by atoms with E-state index >= 15 is 0 Å². The summed E-state index contributed by atoms with van der Waals surface area (Å²) in [7, 11) is 0. The molecule has 6 heteroatoms. The average molecular weight is 373 g/mol. The molecular weight excluding hydrogens is 361 g/mol. The van der Waals surface area contributed by atoms with E-state index in [9.17, 15) is 9.18 Å². The van der Waals surface area contributed by atoms with Gasteiger partial charge in [-0.1, -0.05) is 29.8 Å². The molecule has 2 N–H and O–H groups in total. The van der Waals surface area contributed by atoms with E-state index in [0.717, 1.165) is 5.56 Å². The zero-order valence-corrected chi connectivity index (χ0v) is 13.4. The maximum atomic E-state index is 14.2. The number of hydrogen-bond acceptors (Lipinski definition) is 2. The first-order valence-electron chi connectivity index (χ1n) is 6.14. The first-order valence-corrected chi connectivity index (χ1v) is 7.31. The molecule has 0 radical (unpaired) electrons. The fourth-order valence-corrected chi connectivity index (χ4v) is 2.78. The van der Waals surface area contributed by atoms with E-state index in [1.54, 1.807) is 6.07 Å². The van der Waals surface area contributed by atoms with Crippen molar-refractivity contribution in [1.82, 2.24) is 0 Å². The predicted molar refractivity (Wildman–Crippen MR) is 84.5 cm³/mol. The quantitative estimate of drug-likeness (QED) is 0.784. The normalized spacial score (nSPS) is 12.0. The fourth-order valence-electron chi connectivity index (χ4n) is 1.96. The smallest absolute Gasteiger partial charge is 0.336 e. The summed E-state index contributed by atoms with van der Waals surface area (Å²) in [5, 5.41) is 12.5. The maximum Gasteiger partial charge on any atom is 0.336 e. The minimum atomic E-state index is -1.19. The fraction of sp³-hybridized carbons (Fsp3) is 0.133. The lowest BCUT2D eigenvalue weighted by molar-refractivity contribution is 0.0695. The van der Waals surface area contributed by atoms with Crippen molar-refractivity contribution < 1.29 is 14.3 Å². The van der Waals surface area contributed by atoms with Gasteiger partial charge in [0.05, 0.1) is 21.8 Å². The third-order valence-corrected chi connectivity index (χ3v) is 4.18. The van der Waals surface area contributed by atoms with Gasteiger partial charge in [0.2, 0.25) is 0 Å². The molecule has 0 aromatic heterocycles. The van der Waals surface area contributed by atoms with E-state index in [4.69, 9.17) is 16.7 Å². The second-order valence-electron chi connectivity index (χ2n) is 4.48. The topological polar surface area (TPSA) is 49.3 Å². The van der Waals surface area contributed by atoms with Gasteiger partial charge >= 0.3 is 5.97 Å². The Morgan fingerprint density at radius 2 is 2.00 bits per heavy atom. The molecule has 21 heavy (non-hydrogen) atoms. The van der Waals surface area contributed by atoms with Gasteiger partial charge in [0.15, 0.2) is 5.82 Å². The Kier molecular flexibility index (Phi) is 4.85. The van der Waals surface area contributed by atoms with Crippen molar-refractivity contribution in [1.29, 1.82) is 0 Å². The molecule has 0 aliphatic rings. The highest BCUT2D eigenvalue weighted by Crippen LogP contribution is 2.31. The van der Waals surface area contributed by atoms with E-state index in [0.29, 0.717) is 5.02 Å². The number of nitrogens with one attached hydrogen (secondary N) is 1. The van der Waals surface area contributed by atoms with Crippen LogP contribution in [0.3, 0.4) is 0 Å². The number of hydrogen-bond donors (Lipinski definition) is 2. The minimum Gasteiger partial charge on any atom is -0.478 e. The van der Waals surface area contributed by atoms with Crippen molar-refractivity contribution in [3.05, 3.63) is 62.8 Å². The Labute approximate surface area is 134 Å². The lowest BCUT2D eigenvalue weighted by Crippen LogP contribution is -2.10. The van der Waals surface area contributed by atoms with Crippen LogP contribution in [0, 0.1) is 5.82 Å². The molecule has 2 aromatic carbocycles. The zero-order chi connectivity index (χ0) is 15.6. The molecule has 0 fully saturated rings. The summed E-state index contributed by atoms with van der Waals surface area (Å²) >= 11 is 9.07. The zero-order valence-electron chi connectivity index (χ0n) is 11.0. The Hall–Kier alpha value is -1.59. The lowest BCUT2D eigenvalue weighted by atomic mass is 10.1. The summed E-state index contributed by atoms with van der Waals surface area (Å²) in [6, 6.07) is 9.79. The summed E-state index contributed by atoms with van der Waals surface area (Å²) < 4.78 is 14.1. The molecule has 2 rings (SSSR count). The van der Waals surface area contributed by atoms with E-state index in [2.05, 4.69) is 21.2 Å². The molecule has 0 amide bonds. The second kappa shape index (κ2) is 6.45. The van der Waals surface area contributed by atoms with E-state index < -0.39 is 11.8 Å². The SMILES string of the molecule is CC(Nc1ccc(C(=O)O)c(Br)c1F)c1ccccc1Cl. The van der Waals surface area contributed by atoms with Crippen LogP contribution in [0.1, 0.15) is 28.9 Å². The predicted octanol–water partition coefficient (Wildman–Crippen LogP) is 5.11. The van der Waals surface area contributed by atoms with E-state index in [1.165, 1.54) is 12.1 Å². The molecule has 0 aliphatic carbocycles. The molecule has 0 saturated heterocycles. The van der Waals surface area contributed by atoms with E-state index in [1.807, 2.05) is 25.1 Å². The molecule has 3 nitrogen and oxygen atoms in total. The van der Waals surface area contributed by atoms with Crippen molar-refractivity contribution in [2.24, 2.45) is 0 Å². The molecule has 0 aliphatic heterocycles. The largest absolute Gasteiger partial charge is 0.478 e. The van der Waals surface area contributed by atoms with Crippen LogP contribution in [0.25, 0.3) is 0 Å². The van der Waals surface area contributed by atoms with Gasteiger partial charge < -0.3 is 10.4 Å². The van der Waals surface area contributed by atoms with Crippen LogP contribution in [0.2, 0.25) is 5.02 Å². The molecule has 0 saturated carbocycles. The summed E-state index contributed by atoms with van der Waals surface area (Å²) in [6.45, 7) is 1.85. The molecule has 1 atom stereocenters. The molecule has 2 aromatic rings. The van der Waals surface area contributed by atoms with Crippen molar-refractivity contribution in [3.63, 3.8) is 0 Å². The lowest BCUT2D eigenvalue weighted by Gasteiger charge is -2.18. The average Bonchev–Trinajstić information content (AvgIpc) is 2.44. The first kappa shape index (κ1) is 15.8. The number of carboxylic acid groups (broad SMARTS) is 1. The highest BCUT2D eigenvalue weighted by Gasteiger charge is 2.17. The standard InChI is InChI=1S/C15H12BrClFNO2/c1-8(9-4-2-3-5-11(9)17)19-12-7-6-10(15(20)21)13(16)14(12)18/h2-8,19H,1H3,(H,20,21). The van der Waals surface area contributed by atoms with E-state index in [-0.39, 0.29) is 21.8 Å². The van der Waals surface area contributed by atoms with Gasteiger partial charge in [-0.15, -0.1) is 0 Å². The highest BCUT2D eigenvalue weighted by molar-refractivity contribution is 9.10. The summed E-state index contributed by atoms with van der Waals surface area (Å²) in [6.07, 6.45) is 0. The van der Waals surface area contributed by atoms with Gasteiger partial charge in [0, 0.05) is 5.02 Å². The monoisotopic (exact) mass is 371 g/mol. The Balaban J connectivity index is 2.30. The number of anilines is 1. The molecule has 0 bridgehead atoms. The maximum absolute atomic E-state index is 14.2. The number of benzene rings is 2. The van der Waals surface area contributed by atoms with Crippen LogP contribution in [0.4, 0.5) is 10.1 Å². The van der Waals surface area contributed by atoms with Crippen LogP contribution >= 0.6 is 27.5 Å². The van der Waals surface area contributed by atoms with Crippen LogP contribution in [-0.2, 0) is 0 Å². The summed E-state index contributed by atoms with van der Waals surface area (Å²) in [4.78, 5) is 10.9. The summed E-state index contributed by atoms with van der Waals surface area (Å²) in [5.74, 6) is -1.83. The van der Waals surface area contributed by atoms with Crippen LogP contribution in [0.15, 0.2) is 40.9 Å². The van der Waals surface area contributed by atoms with Crippen molar-refractivity contribution >= 4 is 39.2 Å². The number of carboxylic acids is 1. The Morgan fingerprint density at radius 3 is 2.62 bits per heavy atom. The third kappa shape index (κ3) is 3.36. The van der Waals surface area contributed by atoms with Gasteiger partial charge in [-0.25, -0.2) is 9.18 Å². The highest BCUT2D eigenvalue weighted by atomic mass is 79.9. The number of aromatic carboxylic acids is 1. The number of carbonyl (C=O) groups is 1. The second-order valence-corrected chi connectivity index (χ2v) is 5.68. The van der Waals surface area contributed by atoms with Gasteiger partial charge in [0.1, 0.15) is 0 Å². The van der Waals surface area contributed by atoms with Gasteiger partial charge in [-0.05, 0) is 46.6 Å². The molecule has 0 spiro atoms. The first-order chi connectivity index (χ1) is 9.91. The van der Waals surface area contributed by atoms with Crippen LogP contribution < -0.4 is 5.32 Å². The minimum absolute atomic E-state index is 0.0774.